The number of aromatic carboxylic acids is 2. The monoisotopic (exact) mass is 519 g/mol. The van der Waals surface area contributed by atoms with Crippen LogP contribution in [0.2, 0.25) is 0 Å². The van der Waals surface area contributed by atoms with Crippen molar-refractivity contribution in [3.8, 4) is 0 Å². The average Bonchev–Trinajstić information content (AvgIpc) is 3.28. The number of nitrogens with one attached hydrogen (secondary N) is 2. The smallest absolute Gasteiger partial charge is 0.335 e. The van der Waals surface area contributed by atoms with Crippen LogP contribution in [0, 0.1) is 0 Å². The predicted octanol–water partition coefficient (Wildman–Crippen LogP) is 3.04. The molecule has 3 aromatic carbocycles. The maximum Gasteiger partial charge on any atom is 0.335 e. The van der Waals surface area contributed by atoms with Gasteiger partial charge in [0.05, 0.1) is 29.9 Å². The average molecular weight is 520 g/mol. The molecule has 0 radical (unpaired) electrons. The van der Waals surface area contributed by atoms with E-state index in [-0.39, 0.29) is 24.3 Å². The number of ether oxygens (including phenoxy) is 1. The van der Waals surface area contributed by atoms with E-state index < -0.39 is 36.2 Å². The minimum absolute atomic E-state index is 0.102. The molecule has 3 unspecified atom stereocenters. The van der Waals surface area contributed by atoms with Crippen molar-refractivity contribution in [2.24, 2.45) is 0 Å². The van der Waals surface area contributed by atoms with Crippen LogP contribution in [0.1, 0.15) is 31.8 Å². The van der Waals surface area contributed by atoms with Gasteiger partial charge < -0.3 is 30.7 Å². The maximum absolute atomic E-state index is 12.3. The summed E-state index contributed by atoms with van der Waals surface area (Å²) in [7, 11) is 0. The molecule has 0 bridgehead atoms. The highest BCUT2D eigenvalue weighted by atomic mass is 16.5. The van der Waals surface area contributed by atoms with Crippen molar-refractivity contribution in [3.63, 3.8) is 0 Å². The lowest BCUT2D eigenvalue weighted by Crippen LogP contribution is -2.47. The van der Waals surface area contributed by atoms with Crippen molar-refractivity contribution in [1.82, 2.24) is 10.2 Å². The molecule has 2 amide bonds. The van der Waals surface area contributed by atoms with Crippen LogP contribution in [0.25, 0.3) is 0 Å². The molecule has 0 spiro atoms. The van der Waals surface area contributed by atoms with Crippen LogP contribution in [0.4, 0.5) is 10.5 Å². The van der Waals surface area contributed by atoms with Gasteiger partial charge in [0.15, 0.2) is 0 Å². The summed E-state index contributed by atoms with van der Waals surface area (Å²) in [6.07, 6.45) is -1.54. The minimum Gasteiger partial charge on any atom is -0.478 e. The largest absolute Gasteiger partial charge is 0.478 e. The Bertz CT molecular complexity index is 1190. The summed E-state index contributed by atoms with van der Waals surface area (Å²) in [5.41, 5.74) is 2.67. The van der Waals surface area contributed by atoms with Gasteiger partial charge >= 0.3 is 18.0 Å². The van der Waals surface area contributed by atoms with Crippen molar-refractivity contribution in [1.29, 1.82) is 0 Å². The van der Waals surface area contributed by atoms with E-state index in [1.54, 1.807) is 36.4 Å². The zero-order valence-corrected chi connectivity index (χ0v) is 20.5. The number of carbonyl (C=O) groups excluding carboxylic acids is 1. The molecule has 0 aliphatic carbocycles. The fourth-order valence-electron chi connectivity index (χ4n) is 4.32. The Balaban J connectivity index is 1.44. The summed E-state index contributed by atoms with van der Waals surface area (Å²) in [4.78, 5) is 36.7. The molecule has 4 rings (SSSR count). The number of benzene rings is 3. The van der Waals surface area contributed by atoms with Gasteiger partial charge in [-0.2, -0.15) is 0 Å². The summed E-state index contributed by atoms with van der Waals surface area (Å²) < 4.78 is 5.85. The summed E-state index contributed by atoms with van der Waals surface area (Å²) >= 11 is 0. The van der Waals surface area contributed by atoms with E-state index in [1.165, 1.54) is 24.3 Å². The number of anilines is 1. The van der Waals surface area contributed by atoms with E-state index in [9.17, 15) is 29.7 Å². The van der Waals surface area contributed by atoms with E-state index in [0.717, 1.165) is 11.1 Å². The van der Waals surface area contributed by atoms with Crippen LogP contribution in [0.3, 0.4) is 0 Å². The number of carbonyl (C=O) groups is 3. The van der Waals surface area contributed by atoms with Gasteiger partial charge in [-0.25, -0.2) is 14.4 Å². The van der Waals surface area contributed by atoms with Gasteiger partial charge in [-0.05, 0) is 47.5 Å². The lowest BCUT2D eigenvalue weighted by Gasteiger charge is -2.31. The first-order chi connectivity index (χ1) is 18.3. The Kier molecular flexibility index (Phi) is 8.70. The van der Waals surface area contributed by atoms with Crippen molar-refractivity contribution < 1.29 is 34.4 Å². The van der Waals surface area contributed by atoms with E-state index in [2.05, 4.69) is 10.6 Å². The van der Waals surface area contributed by atoms with Gasteiger partial charge in [0.2, 0.25) is 0 Å². The molecule has 10 heteroatoms. The van der Waals surface area contributed by atoms with E-state index in [4.69, 9.17) is 4.74 Å². The number of hydrogen-bond acceptors (Lipinski definition) is 6. The number of para-hydroxylation sites is 1. The lowest BCUT2D eigenvalue weighted by atomic mass is 10.0. The van der Waals surface area contributed by atoms with Crippen LogP contribution < -0.4 is 10.6 Å². The first-order valence-electron chi connectivity index (χ1n) is 12.1. The molecule has 1 fully saturated rings. The molecule has 1 aliphatic rings. The molecule has 1 aliphatic heterocycles. The number of nitrogens with zero attached hydrogens (tertiary/aromatic N) is 1. The van der Waals surface area contributed by atoms with E-state index in [0.29, 0.717) is 18.8 Å². The Morgan fingerprint density at radius 2 is 1.34 bits per heavy atom. The number of rotatable bonds is 10. The molecule has 0 saturated carbocycles. The van der Waals surface area contributed by atoms with E-state index in [1.807, 2.05) is 23.1 Å². The Morgan fingerprint density at radius 3 is 1.84 bits per heavy atom. The highest BCUT2D eigenvalue weighted by Crippen LogP contribution is 2.24. The number of aliphatic hydroxyl groups is 1. The number of urea groups is 1. The second kappa shape index (κ2) is 12.3. The SMILES string of the molecule is O=C(NCC1OCC(N(Cc2ccc(C(=O)O)cc2)Cc2ccc(C(=O)O)cc2)C1O)Nc1ccccc1. The van der Waals surface area contributed by atoms with Crippen LogP contribution in [0.5, 0.6) is 0 Å². The van der Waals surface area contributed by atoms with Gasteiger partial charge in [0.25, 0.3) is 0 Å². The molecule has 1 heterocycles. The lowest BCUT2D eigenvalue weighted by molar-refractivity contribution is 0.0319. The molecule has 1 saturated heterocycles. The molecule has 0 aromatic heterocycles. The molecular formula is C28H29N3O7. The summed E-state index contributed by atoms with van der Waals surface area (Å²) in [5, 5.41) is 34.9. The second-order valence-electron chi connectivity index (χ2n) is 9.04. The number of hydrogen-bond donors (Lipinski definition) is 5. The van der Waals surface area contributed by atoms with Crippen molar-refractivity contribution in [2.75, 3.05) is 18.5 Å². The van der Waals surface area contributed by atoms with Gasteiger partial charge in [-0.1, -0.05) is 42.5 Å². The van der Waals surface area contributed by atoms with Crippen molar-refractivity contribution in [3.05, 3.63) is 101 Å². The van der Waals surface area contributed by atoms with Gasteiger partial charge in [-0.15, -0.1) is 0 Å². The molecule has 5 N–H and O–H groups in total. The number of amides is 2. The third kappa shape index (κ3) is 6.94. The van der Waals surface area contributed by atoms with Crippen LogP contribution in [0.15, 0.2) is 78.9 Å². The number of aliphatic hydroxyl groups excluding tert-OH is 1. The van der Waals surface area contributed by atoms with Gasteiger partial charge in [-0.3, -0.25) is 4.90 Å². The van der Waals surface area contributed by atoms with Crippen LogP contribution >= 0.6 is 0 Å². The predicted molar refractivity (Wildman–Crippen MR) is 139 cm³/mol. The number of carboxylic acids is 2. The van der Waals surface area contributed by atoms with Crippen molar-refractivity contribution >= 4 is 23.7 Å². The third-order valence-electron chi connectivity index (χ3n) is 6.39. The molecule has 38 heavy (non-hydrogen) atoms. The van der Waals surface area contributed by atoms with Crippen LogP contribution in [-0.2, 0) is 17.8 Å². The highest BCUT2D eigenvalue weighted by molar-refractivity contribution is 5.89. The quantitative estimate of drug-likeness (QED) is 0.275. The van der Waals surface area contributed by atoms with E-state index >= 15 is 0 Å². The molecule has 3 aromatic rings. The standard InChI is InChI=1S/C28H29N3O7/c32-25-23(17-38-24(25)14-29-28(37)30-22-4-2-1-3-5-22)31(15-18-6-10-20(11-7-18)26(33)34)16-19-8-12-21(13-9-19)27(35)36/h1-13,23-25,32H,14-17H2,(H,33,34)(H,35,36)(H2,29,30,37). The van der Waals surface area contributed by atoms with Crippen molar-refractivity contribution in [2.45, 2.75) is 31.3 Å². The Labute approximate surface area is 219 Å². The fourth-order valence-corrected chi connectivity index (χ4v) is 4.32. The maximum atomic E-state index is 12.3. The second-order valence-corrected chi connectivity index (χ2v) is 9.04. The zero-order chi connectivity index (χ0) is 27.1. The van der Waals surface area contributed by atoms with Crippen LogP contribution in [-0.4, -0.2) is 69.6 Å². The summed E-state index contributed by atoms with van der Waals surface area (Å²) in [6, 6.07) is 21.1. The molecule has 198 valence electrons. The summed E-state index contributed by atoms with van der Waals surface area (Å²) in [5.74, 6) is -2.03. The van der Waals surface area contributed by atoms with Gasteiger partial charge in [0, 0.05) is 25.3 Å². The van der Waals surface area contributed by atoms with Gasteiger partial charge in [0.1, 0.15) is 6.10 Å². The first kappa shape index (κ1) is 26.8. The Morgan fingerprint density at radius 1 is 0.816 bits per heavy atom. The summed E-state index contributed by atoms with van der Waals surface area (Å²) in [6.45, 7) is 1.10. The fraction of sp³-hybridized carbons (Fsp3) is 0.250. The topological polar surface area (TPSA) is 148 Å². The Hall–Kier alpha value is -4.25. The normalized spacial score (nSPS) is 18.7. The first-order valence-corrected chi connectivity index (χ1v) is 12.1. The third-order valence-corrected chi connectivity index (χ3v) is 6.39. The minimum atomic E-state index is -1.02. The molecule has 3 atom stereocenters. The molecule has 10 nitrogen and oxygen atoms in total. The number of carboxylic acid groups (broad SMARTS) is 2. The molecular weight excluding hydrogens is 490 g/mol. The zero-order valence-electron chi connectivity index (χ0n) is 20.5. The highest BCUT2D eigenvalue weighted by Gasteiger charge is 2.39.